The van der Waals surface area contributed by atoms with E-state index in [1.807, 2.05) is 0 Å². The number of likely N-dealkylation sites (tertiary alicyclic amines) is 1. The molecule has 1 amide bonds. The predicted octanol–water partition coefficient (Wildman–Crippen LogP) is 0.536. The predicted molar refractivity (Wildman–Crippen MR) is 62.1 cm³/mol. The molecule has 1 saturated heterocycles. The monoisotopic (exact) mass is 268 g/mol. The van der Waals surface area contributed by atoms with Crippen LogP contribution in [0.25, 0.3) is 0 Å². The summed E-state index contributed by atoms with van der Waals surface area (Å²) in [5, 5.41) is 8.52. The van der Waals surface area contributed by atoms with Crippen molar-refractivity contribution in [1.82, 2.24) is 9.88 Å². The van der Waals surface area contributed by atoms with Gasteiger partial charge in [0.2, 0.25) is 0 Å². The molecule has 2 rings (SSSR count). The van der Waals surface area contributed by atoms with Crippen LogP contribution in [0.15, 0.2) is 18.5 Å². The van der Waals surface area contributed by atoms with Gasteiger partial charge in [0.1, 0.15) is 12.2 Å². The molecule has 0 saturated carbocycles. The second kappa shape index (κ2) is 4.93. The summed E-state index contributed by atoms with van der Waals surface area (Å²) in [4.78, 5) is 27.3. The molecule has 0 bridgehead atoms. The van der Waals surface area contributed by atoms with E-state index in [1.54, 1.807) is 6.92 Å². The normalized spacial score (nSPS) is 16.8. The maximum atomic E-state index is 13.4. The van der Waals surface area contributed by atoms with Crippen LogP contribution in [0.5, 0.6) is 0 Å². The number of rotatable bonds is 4. The molecule has 102 valence electrons. The zero-order valence-electron chi connectivity index (χ0n) is 10.3. The molecule has 0 aliphatic carbocycles. The molecule has 0 aromatic carbocycles. The van der Waals surface area contributed by atoms with E-state index in [4.69, 9.17) is 9.84 Å². The van der Waals surface area contributed by atoms with Crippen LogP contribution in [-0.4, -0.2) is 52.2 Å². The van der Waals surface area contributed by atoms with Crippen molar-refractivity contribution in [2.75, 3.05) is 19.7 Å². The van der Waals surface area contributed by atoms with Gasteiger partial charge in [-0.25, -0.2) is 9.18 Å². The maximum absolute atomic E-state index is 13.4. The average molecular weight is 268 g/mol. The van der Waals surface area contributed by atoms with Crippen LogP contribution < -0.4 is 0 Å². The summed E-state index contributed by atoms with van der Waals surface area (Å²) >= 11 is 0. The molecular weight excluding hydrogens is 255 g/mol. The summed E-state index contributed by atoms with van der Waals surface area (Å²) in [5.74, 6) is -2.19. The van der Waals surface area contributed by atoms with Crippen LogP contribution in [0.3, 0.4) is 0 Å². The number of hydrogen-bond acceptors (Lipinski definition) is 4. The molecule has 0 atom stereocenters. The lowest BCUT2D eigenvalue weighted by atomic mass is 9.95. The van der Waals surface area contributed by atoms with Gasteiger partial charge in [-0.1, -0.05) is 0 Å². The van der Waals surface area contributed by atoms with Gasteiger partial charge in [0.05, 0.1) is 24.8 Å². The van der Waals surface area contributed by atoms with Gasteiger partial charge in [-0.2, -0.15) is 0 Å². The lowest BCUT2D eigenvalue weighted by Crippen LogP contribution is -2.63. The Balaban J connectivity index is 1.95. The first-order valence-electron chi connectivity index (χ1n) is 5.66. The topological polar surface area (TPSA) is 79.7 Å². The van der Waals surface area contributed by atoms with Gasteiger partial charge in [0, 0.05) is 6.20 Å². The molecule has 2 heterocycles. The molecule has 1 aromatic heterocycles. The highest BCUT2D eigenvalue weighted by Gasteiger charge is 2.43. The van der Waals surface area contributed by atoms with Gasteiger partial charge in [0.15, 0.2) is 5.82 Å². The summed E-state index contributed by atoms with van der Waals surface area (Å²) in [6.07, 6.45) is 2.32. The molecule has 1 aliphatic heterocycles. The van der Waals surface area contributed by atoms with Gasteiger partial charge in [0.25, 0.3) is 5.91 Å². The molecule has 1 aromatic rings. The Bertz CT molecular complexity index is 514. The van der Waals surface area contributed by atoms with Crippen molar-refractivity contribution >= 4 is 11.9 Å². The summed E-state index contributed by atoms with van der Waals surface area (Å²) in [7, 11) is 0. The number of hydrogen-bond donors (Lipinski definition) is 1. The molecule has 1 fully saturated rings. The van der Waals surface area contributed by atoms with E-state index >= 15 is 0 Å². The number of carbonyl (C=O) groups excluding carboxylic acids is 1. The number of pyridine rings is 1. The number of carboxylic acids is 1. The van der Waals surface area contributed by atoms with Gasteiger partial charge < -0.3 is 14.7 Å². The number of amides is 1. The Morgan fingerprint density at radius 2 is 2.26 bits per heavy atom. The van der Waals surface area contributed by atoms with Crippen molar-refractivity contribution in [3.05, 3.63) is 29.8 Å². The van der Waals surface area contributed by atoms with Crippen molar-refractivity contribution in [2.24, 2.45) is 0 Å². The second-order valence-corrected chi connectivity index (χ2v) is 4.65. The first-order chi connectivity index (χ1) is 8.91. The number of aliphatic carboxylic acids is 1. The van der Waals surface area contributed by atoms with Crippen LogP contribution in [-0.2, 0) is 9.53 Å². The quantitative estimate of drug-likeness (QED) is 0.862. The molecule has 7 heteroatoms. The van der Waals surface area contributed by atoms with Gasteiger partial charge in [-0.05, 0) is 13.0 Å². The second-order valence-electron chi connectivity index (χ2n) is 4.65. The van der Waals surface area contributed by atoms with E-state index in [2.05, 4.69) is 4.98 Å². The Morgan fingerprint density at radius 1 is 1.58 bits per heavy atom. The molecular formula is C12H13FN2O4. The highest BCUT2D eigenvalue weighted by molar-refractivity contribution is 5.95. The van der Waals surface area contributed by atoms with E-state index in [1.165, 1.54) is 17.2 Å². The van der Waals surface area contributed by atoms with Crippen LogP contribution in [0, 0.1) is 5.82 Å². The van der Waals surface area contributed by atoms with Gasteiger partial charge in [-0.15, -0.1) is 0 Å². The van der Waals surface area contributed by atoms with Crippen LogP contribution >= 0.6 is 0 Å². The van der Waals surface area contributed by atoms with E-state index in [0.717, 1.165) is 6.20 Å². The Labute approximate surface area is 108 Å². The van der Waals surface area contributed by atoms with Crippen molar-refractivity contribution in [3.8, 4) is 0 Å². The van der Waals surface area contributed by atoms with E-state index < -0.39 is 29.9 Å². The molecule has 6 nitrogen and oxygen atoms in total. The fraction of sp³-hybridized carbons (Fsp3) is 0.417. The molecule has 0 spiro atoms. The molecule has 0 unspecified atom stereocenters. The van der Waals surface area contributed by atoms with Crippen LogP contribution in [0.1, 0.15) is 17.3 Å². The SMILES string of the molecule is CC1(OCC(=O)O)CN(C(=O)c2ccncc2F)C1. The number of carbonyl (C=O) groups is 2. The summed E-state index contributed by atoms with van der Waals surface area (Å²) in [6.45, 7) is 1.77. The third kappa shape index (κ3) is 2.87. The maximum Gasteiger partial charge on any atom is 0.329 e. The Hall–Kier alpha value is -2.02. The number of ether oxygens (including phenoxy) is 1. The third-order valence-corrected chi connectivity index (χ3v) is 2.88. The lowest BCUT2D eigenvalue weighted by molar-refractivity contribution is -0.159. The highest BCUT2D eigenvalue weighted by atomic mass is 19.1. The lowest BCUT2D eigenvalue weighted by Gasteiger charge is -2.47. The largest absolute Gasteiger partial charge is 0.480 e. The van der Waals surface area contributed by atoms with Crippen molar-refractivity contribution in [1.29, 1.82) is 0 Å². The summed E-state index contributed by atoms with van der Waals surface area (Å²) < 4.78 is 18.6. The standard InChI is InChI=1S/C12H13FN2O4/c1-12(19-5-10(16)17)6-15(7-12)11(18)8-2-3-14-4-9(8)13/h2-4H,5-7H2,1H3,(H,16,17). The first kappa shape index (κ1) is 13.4. The van der Waals surface area contributed by atoms with E-state index in [-0.39, 0.29) is 18.7 Å². The number of aromatic nitrogens is 1. The number of nitrogens with zero attached hydrogens (tertiary/aromatic N) is 2. The highest BCUT2D eigenvalue weighted by Crippen LogP contribution is 2.26. The average Bonchev–Trinajstić information content (AvgIpc) is 2.33. The molecule has 1 aliphatic rings. The Kier molecular flexibility index (Phi) is 3.48. The minimum Gasteiger partial charge on any atom is -0.480 e. The number of halogens is 1. The third-order valence-electron chi connectivity index (χ3n) is 2.88. The van der Waals surface area contributed by atoms with Crippen molar-refractivity contribution < 1.29 is 23.8 Å². The number of carboxylic acid groups (broad SMARTS) is 1. The fourth-order valence-corrected chi connectivity index (χ4v) is 1.95. The Morgan fingerprint density at radius 3 is 2.84 bits per heavy atom. The van der Waals surface area contributed by atoms with Crippen LogP contribution in [0.2, 0.25) is 0 Å². The van der Waals surface area contributed by atoms with Crippen LogP contribution in [0.4, 0.5) is 4.39 Å². The van der Waals surface area contributed by atoms with Gasteiger partial charge >= 0.3 is 5.97 Å². The first-order valence-corrected chi connectivity index (χ1v) is 5.66. The summed E-state index contributed by atoms with van der Waals surface area (Å²) in [5.41, 5.74) is -0.729. The zero-order chi connectivity index (χ0) is 14.0. The van der Waals surface area contributed by atoms with E-state index in [9.17, 15) is 14.0 Å². The van der Waals surface area contributed by atoms with Crippen molar-refractivity contribution in [2.45, 2.75) is 12.5 Å². The minimum atomic E-state index is -1.06. The van der Waals surface area contributed by atoms with Crippen molar-refractivity contribution in [3.63, 3.8) is 0 Å². The smallest absolute Gasteiger partial charge is 0.329 e. The fourth-order valence-electron chi connectivity index (χ4n) is 1.95. The summed E-state index contributed by atoms with van der Waals surface area (Å²) in [6, 6.07) is 1.31. The molecule has 19 heavy (non-hydrogen) atoms. The molecule has 0 radical (unpaired) electrons. The zero-order valence-corrected chi connectivity index (χ0v) is 10.3. The van der Waals surface area contributed by atoms with Gasteiger partial charge in [-0.3, -0.25) is 9.78 Å². The molecule has 1 N–H and O–H groups in total. The minimum absolute atomic E-state index is 0.0460. The van der Waals surface area contributed by atoms with E-state index in [0.29, 0.717) is 0 Å².